The Hall–Kier alpha value is -4.31. The zero-order valence-corrected chi connectivity index (χ0v) is 21.9. The maximum Gasteiger partial charge on any atom is 0.282 e. The summed E-state index contributed by atoms with van der Waals surface area (Å²) in [6.45, 7) is 1.88. The van der Waals surface area contributed by atoms with Gasteiger partial charge >= 0.3 is 0 Å². The number of amides is 1. The molecule has 0 radical (unpaired) electrons. The first-order chi connectivity index (χ1) is 18.8. The molecule has 5 aromatic rings. The highest BCUT2D eigenvalue weighted by atomic mass is 32.2. The molecule has 0 aliphatic heterocycles. The van der Waals surface area contributed by atoms with Gasteiger partial charge in [0.05, 0.1) is 17.3 Å². The molecular formula is C29H25FN4O4S. The summed E-state index contributed by atoms with van der Waals surface area (Å²) in [5.41, 5.74) is 2.27. The summed E-state index contributed by atoms with van der Waals surface area (Å²) in [5.74, 6) is -1.57. The number of aromatic amines is 1. The van der Waals surface area contributed by atoms with E-state index in [0.29, 0.717) is 41.2 Å². The van der Waals surface area contributed by atoms with E-state index in [9.17, 15) is 18.0 Å². The minimum atomic E-state index is -3.91. The van der Waals surface area contributed by atoms with E-state index in [-0.39, 0.29) is 23.4 Å². The molecule has 1 amide bonds. The number of aryl methyl sites for hydroxylation is 1. The zero-order chi connectivity index (χ0) is 27.3. The molecule has 0 saturated heterocycles. The maximum atomic E-state index is 15.3. The van der Waals surface area contributed by atoms with Crippen LogP contribution in [0.4, 0.5) is 4.39 Å². The van der Waals surface area contributed by atoms with Gasteiger partial charge in [0.1, 0.15) is 5.69 Å². The molecule has 0 atom stereocenters. The second-order valence-electron chi connectivity index (χ2n) is 9.73. The van der Waals surface area contributed by atoms with Crippen LogP contribution < -0.4 is 10.3 Å². The van der Waals surface area contributed by atoms with Crippen molar-refractivity contribution in [2.75, 3.05) is 0 Å². The van der Waals surface area contributed by atoms with Gasteiger partial charge in [-0.2, -0.15) is 4.39 Å². The molecule has 6 rings (SSSR count). The smallest absolute Gasteiger partial charge is 0.282 e. The van der Waals surface area contributed by atoms with Crippen LogP contribution in [0, 0.1) is 5.95 Å². The average molecular weight is 545 g/mol. The van der Waals surface area contributed by atoms with Crippen LogP contribution in [0.3, 0.4) is 0 Å². The predicted molar refractivity (Wildman–Crippen MR) is 148 cm³/mol. The summed E-state index contributed by atoms with van der Waals surface area (Å²) >= 11 is 0. The fourth-order valence-electron chi connectivity index (χ4n) is 4.97. The number of para-hydroxylation sites is 1. The van der Waals surface area contributed by atoms with Crippen LogP contribution in [0.15, 0.2) is 71.7 Å². The van der Waals surface area contributed by atoms with E-state index in [4.69, 9.17) is 0 Å². The highest BCUT2D eigenvalue weighted by molar-refractivity contribution is 7.91. The van der Waals surface area contributed by atoms with Crippen molar-refractivity contribution < 1.29 is 17.6 Å². The van der Waals surface area contributed by atoms with E-state index >= 15 is 4.39 Å². The molecule has 39 heavy (non-hydrogen) atoms. The van der Waals surface area contributed by atoms with Crippen molar-refractivity contribution >= 4 is 37.7 Å². The monoisotopic (exact) mass is 544 g/mol. The van der Waals surface area contributed by atoms with Crippen LogP contribution in [0.25, 0.3) is 32.9 Å². The third kappa shape index (κ3) is 4.50. The number of fused-ring (bicyclic) bond motifs is 2. The van der Waals surface area contributed by atoms with Crippen molar-refractivity contribution in [2.45, 2.75) is 38.0 Å². The molecule has 0 spiro atoms. The Morgan fingerprint density at radius 2 is 1.92 bits per heavy atom. The zero-order valence-electron chi connectivity index (χ0n) is 21.1. The molecule has 1 aliphatic rings. The van der Waals surface area contributed by atoms with Crippen molar-refractivity contribution in [2.24, 2.45) is 0 Å². The Kier molecular flexibility index (Phi) is 6.06. The molecule has 2 aromatic carbocycles. The third-order valence-corrected chi connectivity index (χ3v) is 8.93. The van der Waals surface area contributed by atoms with E-state index in [1.165, 1.54) is 6.20 Å². The molecule has 0 bridgehead atoms. The molecule has 3 heterocycles. The average Bonchev–Trinajstić information content (AvgIpc) is 3.73. The van der Waals surface area contributed by atoms with Crippen LogP contribution in [-0.2, 0) is 23.0 Å². The van der Waals surface area contributed by atoms with Gasteiger partial charge in [-0.05, 0) is 61.2 Å². The summed E-state index contributed by atoms with van der Waals surface area (Å²) in [7, 11) is -3.91. The fraction of sp³-hybridized carbons (Fsp3) is 0.207. The Morgan fingerprint density at radius 3 is 2.67 bits per heavy atom. The van der Waals surface area contributed by atoms with Gasteiger partial charge in [0.25, 0.3) is 11.5 Å². The Balaban J connectivity index is 1.63. The fourth-order valence-corrected chi connectivity index (χ4v) is 6.25. The number of H-pyrrole nitrogens is 1. The van der Waals surface area contributed by atoms with Gasteiger partial charge in [-0.15, -0.1) is 0 Å². The van der Waals surface area contributed by atoms with Crippen LogP contribution in [0.1, 0.15) is 41.4 Å². The van der Waals surface area contributed by atoms with Gasteiger partial charge < -0.3 is 9.55 Å². The number of nitrogens with one attached hydrogen (secondary N) is 2. The van der Waals surface area contributed by atoms with Gasteiger partial charge in [-0.1, -0.05) is 31.2 Å². The van der Waals surface area contributed by atoms with Gasteiger partial charge in [-0.3, -0.25) is 9.59 Å². The standard InChI is InChI=1S/C29H25FN4O4S/c1-2-17-9-12-24-22(14-17)25(21-7-5-13-31-28(21)35)26(29(36)33-39(37,38)20-10-11-20)34(24)16-19-15-18-6-3-4-8-23(18)32-27(19)30/h3-9,12-15,20H,2,10-11,16H2,1H3,(H,31,35)(H,33,36). The van der Waals surface area contributed by atoms with Crippen molar-refractivity contribution in [1.29, 1.82) is 0 Å². The first-order valence-corrected chi connectivity index (χ1v) is 14.2. The summed E-state index contributed by atoms with van der Waals surface area (Å²) in [5, 5.41) is 0.687. The van der Waals surface area contributed by atoms with E-state index in [0.717, 1.165) is 10.9 Å². The van der Waals surface area contributed by atoms with Gasteiger partial charge in [0.2, 0.25) is 16.0 Å². The molecule has 0 unspecified atom stereocenters. The van der Waals surface area contributed by atoms with Crippen molar-refractivity contribution in [3.05, 3.63) is 100.0 Å². The molecule has 3 aromatic heterocycles. The van der Waals surface area contributed by atoms with E-state index in [1.807, 2.05) is 37.3 Å². The molecule has 1 aliphatic carbocycles. The molecule has 1 fully saturated rings. The maximum absolute atomic E-state index is 15.3. The number of aromatic nitrogens is 3. The number of pyridine rings is 2. The van der Waals surface area contributed by atoms with Gasteiger partial charge in [-0.25, -0.2) is 18.1 Å². The SMILES string of the molecule is CCc1ccc2c(c1)c(-c1ccc[nH]c1=O)c(C(=O)NS(=O)(=O)C1CC1)n2Cc1cc2ccccc2nc1F. The third-order valence-electron chi connectivity index (χ3n) is 7.12. The number of carbonyl (C=O) groups excluding carboxylic acids is 1. The highest BCUT2D eigenvalue weighted by Gasteiger charge is 2.38. The second-order valence-corrected chi connectivity index (χ2v) is 11.7. The van der Waals surface area contributed by atoms with E-state index in [2.05, 4.69) is 14.7 Å². The number of nitrogens with zero attached hydrogens (tertiary/aromatic N) is 2. The van der Waals surface area contributed by atoms with Crippen LogP contribution in [0.2, 0.25) is 0 Å². The number of carbonyl (C=O) groups is 1. The normalized spacial score (nSPS) is 13.7. The molecule has 2 N–H and O–H groups in total. The number of benzene rings is 2. The Bertz CT molecular complexity index is 1940. The van der Waals surface area contributed by atoms with Crippen molar-refractivity contribution in [3.8, 4) is 11.1 Å². The topological polar surface area (TPSA) is 114 Å². The molecule has 8 nitrogen and oxygen atoms in total. The lowest BCUT2D eigenvalue weighted by Crippen LogP contribution is -2.35. The molecule has 10 heteroatoms. The minimum absolute atomic E-state index is 0.0354. The van der Waals surface area contributed by atoms with E-state index in [1.54, 1.807) is 34.9 Å². The number of halogens is 1. The van der Waals surface area contributed by atoms with E-state index < -0.39 is 32.7 Å². The summed E-state index contributed by atoms with van der Waals surface area (Å²) < 4.78 is 44.6. The summed E-state index contributed by atoms with van der Waals surface area (Å²) in [6, 6.07) is 17.6. The van der Waals surface area contributed by atoms with Crippen LogP contribution >= 0.6 is 0 Å². The summed E-state index contributed by atoms with van der Waals surface area (Å²) in [4.78, 5) is 33.5. The van der Waals surface area contributed by atoms with Gasteiger partial charge in [0, 0.05) is 39.2 Å². The number of rotatable bonds is 7. The molecule has 198 valence electrons. The van der Waals surface area contributed by atoms with Crippen molar-refractivity contribution in [3.63, 3.8) is 0 Å². The van der Waals surface area contributed by atoms with Crippen molar-refractivity contribution in [1.82, 2.24) is 19.3 Å². The van der Waals surface area contributed by atoms with Crippen LogP contribution in [0.5, 0.6) is 0 Å². The van der Waals surface area contributed by atoms with Gasteiger partial charge in [0.15, 0.2) is 0 Å². The summed E-state index contributed by atoms with van der Waals surface area (Å²) in [6.07, 6.45) is 3.14. The highest BCUT2D eigenvalue weighted by Crippen LogP contribution is 2.36. The lowest BCUT2D eigenvalue weighted by molar-refractivity contribution is 0.0973. The minimum Gasteiger partial charge on any atom is -0.331 e. The number of hydrogen-bond donors (Lipinski definition) is 2. The lowest BCUT2D eigenvalue weighted by atomic mass is 10.0. The Labute approximate surface area is 223 Å². The second kappa shape index (κ2) is 9.46. The number of sulfonamides is 1. The lowest BCUT2D eigenvalue weighted by Gasteiger charge is -2.14. The molecule has 1 saturated carbocycles. The largest absolute Gasteiger partial charge is 0.331 e. The molecular weight excluding hydrogens is 519 g/mol. The number of hydrogen-bond acceptors (Lipinski definition) is 5. The first kappa shape index (κ1) is 25.0. The predicted octanol–water partition coefficient (Wildman–Crippen LogP) is 4.52. The Morgan fingerprint density at radius 1 is 1.13 bits per heavy atom. The van der Waals surface area contributed by atoms with Crippen LogP contribution in [-0.4, -0.2) is 34.1 Å². The quantitative estimate of drug-likeness (QED) is 0.293. The first-order valence-electron chi connectivity index (χ1n) is 12.7.